The van der Waals surface area contributed by atoms with Gasteiger partial charge in [-0.05, 0) is 30.9 Å². The summed E-state index contributed by atoms with van der Waals surface area (Å²) in [6.07, 6.45) is 2.12. The number of benzene rings is 1. The SMILES string of the molecule is CCc1ccc(OCCCC(C)(C)C(=N)N)c([N+](=O)[O-])c1. The van der Waals surface area contributed by atoms with Crippen LogP contribution in [0.15, 0.2) is 18.2 Å². The molecule has 3 N–H and O–H groups in total. The molecule has 0 radical (unpaired) electrons. The van der Waals surface area contributed by atoms with Crippen molar-refractivity contribution in [1.29, 1.82) is 5.41 Å². The Labute approximate surface area is 125 Å². The van der Waals surface area contributed by atoms with Crippen molar-refractivity contribution in [2.24, 2.45) is 11.1 Å². The highest BCUT2D eigenvalue weighted by atomic mass is 16.6. The average molecular weight is 293 g/mol. The Morgan fingerprint density at radius 1 is 1.48 bits per heavy atom. The molecule has 0 spiro atoms. The van der Waals surface area contributed by atoms with Crippen molar-refractivity contribution < 1.29 is 9.66 Å². The molecule has 1 rings (SSSR count). The van der Waals surface area contributed by atoms with Gasteiger partial charge in [-0.1, -0.05) is 26.8 Å². The molecule has 116 valence electrons. The van der Waals surface area contributed by atoms with E-state index in [1.807, 2.05) is 26.8 Å². The van der Waals surface area contributed by atoms with E-state index in [-0.39, 0.29) is 22.7 Å². The van der Waals surface area contributed by atoms with E-state index in [1.54, 1.807) is 12.1 Å². The van der Waals surface area contributed by atoms with Gasteiger partial charge < -0.3 is 10.5 Å². The van der Waals surface area contributed by atoms with Crippen LogP contribution in [0.5, 0.6) is 5.75 Å². The highest BCUT2D eigenvalue weighted by molar-refractivity contribution is 5.82. The smallest absolute Gasteiger partial charge is 0.311 e. The summed E-state index contributed by atoms with van der Waals surface area (Å²) in [4.78, 5) is 10.6. The maximum Gasteiger partial charge on any atom is 0.311 e. The van der Waals surface area contributed by atoms with Crippen LogP contribution in [0.4, 0.5) is 5.69 Å². The molecular weight excluding hydrogens is 270 g/mol. The van der Waals surface area contributed by atoms with E-state index in [0.29, 0.717) is 19.4 Å². The molecule has 1 aromatic rings. The first-order valence-electron chi connectivity index (χ1n) is 7.02. The molecule has 0 fully saturated rings. The summed E-state index contributed by atoms with van der Waals surface area (Å²) in [6.45, 7) is 6.11. The number of nitrogens with two attached hydrogens (primary N) is 1. The minimum Gasteiger partial charge on any atom is -0.487 e. The van der Waals surface area contributed by atoms with Gasteiger partial charge in [-0.3, -0.25) is 15.5 Å². The lowest BCUT2D eigenvalue weighted by molar-refractivity contribution is -0.385. The largest absolute Gasteiger partial charge is 0.487 e. The number of hydrogen-bond acceptors (Lipinski definition) is 4. The molecule has 0 unspecified atom stereocenters. The molecule has 6 heteroatoms. The lowest BCUT2D eigenvalue weighted by atomic mass is 9.87. The highest BCUT2D eigenvalue weighted by Crippen LogP contribution is 2.29. The minimum absolute atomic E-state index is 0.000165. The first-order chi connectivity index (χ1) is 9.77. The second kappa shape index (κ2) is 7.06. The third kappa shape index (κ3) is 4.73. The van der Waals surface area contributed by atoms with Crippen LogP contribution >= 0.6 is 0 Å². The van der Waals surface area contributed by atoms with Gasteiger partial charge in [0.1, 0.15) is 0 Å². The average Bonchev–Trinajstić information content (AvgIpc) is 2.43. The van der Waals surface area contributed by atoms with Crippen molar-refractivity contribution in [3.63, 3.8) is 0 Å². The molecule has 1 aromatic carbocycles. The van der Waals surface area contributed by atoms with Crippen LogP contribution in [0.1, 0.15) is 39.2 Å². The molecule has 21 heavy (non-hydrogen) atoms. The van der Waals surface area contributed by atoms with Gasteiger partial charge in [-0.25, -0.2) is 0 Å². The van der Waals surface area contributed by atoms with Crippen LogP contribution in [-0.4, -0.2) is 17.4 Å². The summed E-state index contributed by atoms with van der Waals surface area (Å²) in [5, 5.41) is 18.5. The fourth-order valence-corrected chi connectivity index (χ4v) is 1.88. The number of amidine groups is 1. The number of aryl methyl sites for hydroxylation is 1. The molecule has 0 amide bonds. The van der Waals surface area contributed by atoms with E-state index < -0.39 is 4.92 Å². The minimum atomic E-state index is -0.423. The first kappa shape index (κ1) is 16.9. The van der Waals surface area contributed by atoms with Crippen LogP contribution in [0, 0.1) is 20.9 Å². The first-order valence-corrected chi connectivity index (χ1v) is 7.02. The molecule has 0 aliphatic rings. The second-order valence-corrected chi connectivity index (χ2v) is 5.66. The Morgan fingerprint density at radius 3 is 2.67 bits per heavy atom. The Balaban J connectivity index is 2.64. The fourth-order valence-electron chi connectivity index (χ4n) is 1.88. The van der Waals surface area contributed by atoms with Crippen LogP contribution < -0.4 is 10.5 Å². The standard InChI is InChI=1S/C15H23N3O3/c1-4-11-6-7-13(12(10-11)18(19)20)21-9-5-8-15(2,3)14(16)17/h6-7,10H,4-5,8-9H2,1-3H3,(H3,16,17). The predicted octanol–water partition coefficient (Wildman–Crippen LogP) is 3.28. The number of nitrogens with zero attached hydrogens (tertiary/aromatic N) is 1. The fraction of sp³-hybridized carbons (Fsp3) is 0.533. The maximum absolute atomic E-state index is 11.1. The number of nitrogens with one attached hydrogen (secondary N) is 1. The third-order valence-electron chi connectivity index (χ3n) is 3.56. The number of rotatable bonds is 8. The summed E-state index contributed by atoms with van der Waals surface area (Å²) in [5.74, 6) is 0.429. The van der Waals surface area contributed by atoms with Crippen molar-refractivity contribution >= 4 is 11.5 Å². The van der Waals surface area contributed by atoms with Crippen LogP contribution in [0.2, 0.25) is 0 Å². The summed E-state index contributed by atoms with van der Waals surface area (Å²) in [7, 11) is 0. The molecule has 0 saturated heterocycles. The van der Waals surface area contributed by atoms with Crippen LogP contribution in [-0.2, 0) is 6.42 Å². The maximum atomic E-state index is 11.1. The zero-order chi connectivity index (χ0) is 16.0. The molecule has 0 saturated carbocycles. The molecule has 0 aliphatic heterocycles. The molecule has 0 aromatic heterocycles. The normalized spacial score (nSPS) is 11.2. The quantitative estimate of drug-likeness (QED) is 0.252. The number of nitro groups is 1. The van der Waals surface area contributed by atoms with Gasteiger partial charge in [-0.2, -0.15) is 0 Å². The van der Waals surface area contributed by atoms with Crippen molar-refractivity contribution in [1.82, 2.24) is 0 Å². The van der Waals surface area contributed by atoms with E-state index in [9.17, 15) is 10.1 Å². The monoisotopic (exact) mass is 293 g/mol. The van der Waals surface area contributed by atoms with Crippen molar-refractivity contribution in [2.75, 3.05) is 6.61 Å². The highest BCUT2D eigenvalue weighted by Gasteiger charge is 2.21. The zero-order valence-electron chi connectivity index (χ0n) is 12.8. The van der Waals surface area contributed by atoms with Gasteiger partial charge in [0.25, 0.3) is 0 Å². The Bertz CT molecular complexity index is 527. The van der Waals surface area contributed by atoms with Crippen molar-refractivity contribution in [3.8, 4) is 5.75 Å². The number of nitro benzene ring substituents is 1. The molecule has 0 bridgehead atoms. The van der Waals surface area contributed by atoms with Gasteiger partial charge in [-0.15, -0.1) is 0 Å². The molecule has 0 heterocycles. The van der Waals surface area contributed by atoms with E-state index in [2.05, 4.69) is 0 Å². The number of ether oxygens (including phenoxy) is 1. The predicted molar refractivity (Wildman–Crippen MR) is 82.9 cm³/mol. The topological polar surface area (TPSA) is 102 Å². The molecule has 0 atom stereocenters. The van der Waals surface area contributed by atoms with Gasteiger partial charge in [0.05, 0.1) is 17.4 Å². The second-order valence-electron chi connectivity index (χ2n) is 5.66. The van der Waals surface area contributed by atoms with E-state index in [1.165, 1.54) is 0 Å². The zero-order valence-corrected chi connectivity index (χ0v) is 12.8. The summed E-state index contributed by atoms with van der Waals surface area (Å²) >= 11 is 0. The third-order valence-corrected chi connectivity index (χ3v) is 3.56. The van der Waals surface area contributed by atoms with Gasteiger partial charge >= 0.3 is 5.69 Å². The van der Waals surface area contributed by atoms with E-state index in [0.717, 1.165) is 12.0 Å². The molecular formula is C15H23N3O3. The molecule has 0 aliphatic carbocycles. The summed E-state index contributed by atoms with van der Waals surface area (Å²) in [5.41, 5.74) is 6.05. The van der Waals surface area contributed by atoms with Gasteiger partial charge in [0.2, 0.25) is 0 Å². The van der Waals surface area contributed by atoms with E-state index in [4.69, 9.17) is 15.9 Å². The lowest BCUT2D eigenvalue weighted by Gasteiger charge is -2.22. The van der Waals surface area contributed by atoms with Gasteiger partial charge in [0.15, 0.2) is 5.75 Å². The Hall–Kier alpha value is -2.11. The summed E-state index contributed by atoms with van der Waals surface area (Å²) < 4.78 is 5.52. The van der Waals surface area contributed by atoms with E-state index >= 15 is 0 Å². The number of hydrogen-bond donors (Lipinski definition) is 2. The van der Waals surface area contributed by atoms with Crippen LogP contribution in [0.25, 0.3) is 0 Å². The Kier molecular flexibility index (Phi) is 5.69. The molecule has 6 nitrogen and oxygen atoms in total. The lowest BCUT2D eigenvalue weighted by Crippen LogP contribution is -2.31. The summed E-state index contributed by atoms with van der Waals surface area (Å²) in [6, 6.07) is 5.03. The van der Waals surface area contributed by atoms with Gasteiger partial charge in [0, 0.05) is 11.5 Å². The van der Waals surface area contributed by atoms with Crippen LogP contribution in [0.3, 0.4) is 0 Å². The van der Waals surface area contributed by atoms with Crippen molar-refractivity contribution in [2.45, 2.75) is 40.0 Å². The van der Waals surface area contributed by atoms with Crippen molar-refractivity contribution in [3.05, 3.63) is 33.9 Å². The Morgan fingerprint density at radius 2 is 2.14 bits per heavy atom.